The van der Waals surface area contributed by atoms with Crippen LogP contribution in [0.5, 0.6) is 0 Å². The topological polar surface area (TPSA) is 91.3 Å². The highest BCUT2D eigenvalue weighted by molar-refractivity contribution is 9.10. The number of carboxylic acid groups (broad SMARTS) is 1. The van der Waals surface area contributed by atoms with Crippen LogP contribution in [0.25, 0.3) is 0 Å². The Hall–Kier alpha value is -2.41. The molecule has 0 unspecified atom stereocenters. The molecule has 0 aliphatic heterocycles. The number of carbonyl (C=O) groups excluding carboxylic acids is 1. The van der Waals surface area contributed by atoms with Gasteiger partial charge in [0.15, 0.2) is 0 Å². The number of hydrogen-bond donors (Lipinski definition) is 3. The summed E-state index contributed by atoms with van der Waals surface area (Å²) in [7, 11) is 0. The van der Waals surface area contributed by atoms with E-state index in [0.717, 1.165) is 5.69 Å². The number of carboxylic acids is 1. The molecular weight excluding hydrogens is 338 g/mol. The van der Waals surface area contributed by atoms with Crippen molar-refractivity contribution >= 4 is 39.3 Å². The Morgan fingerprint density at radius 3 is 2.52 bits per heavy atom. The summed E-state index contributed by atoms with van der Waals surface area (Å²) in [5.74, 6) is -1.03. The molecule has 2 rings (SSSR count). The standard InChI is InChI=1S/C14H12BrN3O3/c1-8-2-4-10(7-16-8)17-14(21)18-12-5-3-9(13(19)20)6-11(12)15/h2-7H,1H3,(H,19,20)(H2,17,18,21). The first-order chi connectivity index (χ1) is 9.95. The number of hydrogen-bond acceptors (Lipinski definition) is 3. The first-order valence-corrected chi connectivity index (χ1v) is 6.78. The van der Waals surface area contributed by atoms with E-state index in [2.05, 4.69) is 31.5 Å². The Labute approximate surface area is 129 Å². The predicted octanol–water partition coefficient (Wildman–Crippen LogP) is 3.49. The Kier molecular flexibility index (Phi) is 4.54. The smallest absolute Gasteiger partial charge is 0.335 e. The van der Waals surface area contributed by atoms with Gasteiger partial charge in [-0.25, -0.2) is 9.59 Å². The number of nitrogens with one attached hydrogen (secondary N) is 2. The molecule has 1 aromatic carbocycles. The molecule has 108 valence electrons. The van der Waals surface area contributed by atoms with Crippen LogP contribution in [0.4, 0.5) is 16.2 Å². The molecule has 2 amide bonds. The number of nitrogens with zero attached hydrogens (tertiary/aromatic N) is 1. The summed E-state index contributed by atoms with van der Waals surface area (Å²) in [6.07, 6.45) is 1.55. The van der Waals surface area contributed by atoms with Crippen molar-refractivity contribution in [1.82, 2.24) is 4.98 Å². The first-order valence-electron chi connectivity index (χ1n) is 5.99. The molecule has 0 radical (unpaired) electrons. The maximum atomic E-state index is 11.9. The van der Waals surface area contributed by atoms with Gasteiger partial charge in [0, 0.05) is 10.2 Å². The largest absolute Gasteiger partial charge is 0.478 e. The van der Waals surface area contributed by atoms with Crippen LogP contribution in [0, 0.1) is 6.92 Å². The van der Waals surface area contributed by atoms with Crippen molar-refractivity contribution in [2.45, 2.75) is 6.92 Å². The van der Waals surface area contributed by atoms with E-state index < -0.39 is 12.0 Å². The summed E-state index contributed by atoms with van der Waals surface area (Å²) >= 11 is 3.22. The third kappa shape index (κ3) is 4.03. The average Bonchev–Trinajstić information content (AvgIpc) is 2.43. The molecule has 21 heavy (non-hydrogen) atoms. The Morgan fingerprint density at radius 1 is 1.19 bits per heavy atom. The van der Waals surface area contributed by atoms with Crippen LogP contribution in [-0.2, 0) is 0 Å². The van der Waals surface area contributed by atoms with E-state index in [1.165, 1.54) is 18.2 Å². The van der Waals surface area contributed by atoms with E-state index in [-0.39, 0.29) is 5.56 Å². The van der Waals surface area contributed by atoms with E-state index in [1.807, 2.05) is 6.92 Å². The second kappa shape index (κ2) is 6.36. The number of amides is 2. The minimum atomic E-state index is -1.03. The quantitative estimate of drug-likeness (QED) is 0.790. The third-order valence-corrected chi connectivity index (χ3v) is 3.29. The zero-order valence-electron chi connectivity index (χ0n) is 11.1. The monoisotopic (exact) mass is 349 g/mol. The zero-order valence-corrected chi connectivity index (χ0v) is 12.6. The van der Waals surface area contributed by atoms with Gasteiger partial charge in [0.1, 0.15) is 0 Å². The van der Waals surface area contributed by atoms with Gasteiger partial charge in [-0.15, -0.1) is 0 Å². The number of rotatable bonds is 3. The van der Waals surface area contributed by atoms with Crippen molar-refractivity contribution in [2.24, 2.45) is 0 Å². The molecule has 0 spiro atoms. The second-order valence-electron chi connectivity index (χ2n) is 4.27. The lowest BCUT2D eigenvalue weighted by Gasteiger charge is -2.09. The molecule has 1 aromatic heterocycles. The Morgan fingerprint density at radius 2 is 1.95 bits per heavy atom. The van der Waals surface area contributed by atoms with Crippen LogP contribution in [0.15, 0.2) is 41.0 Å². The van der Waals surface area contributed by atoms with Crippen LogP contribution >= 0.6 is 15.9 Å². The molecular formula is C14H12BrN3O3. The van der Waals surface area contributed by atoms with Crippen LogP contribution in [0.2, 0.25) is 0 Å². The van der Waals surface area contributed by atoms with Gasteiger partial charge in [-0.3, -0.25) is 4.98 Å². The van der Waals surface area contributed by atoms with Crippen molar-refractivity contribution in [2.75, 3.05) is 10.6 Å². The molecule has 0 saturated carbocycles. The highest BCUT2D eigenvalue weighted by Gasteiger charge is 2.09. The lowest BCUT2D eigenvalue weighted by atomic mass is 10.2. The number of pyridine rings is 1. The van der Waals surface area contributed by atoms with Crippen LogP contribution in [-0.4, -0.2) is 22.1 Å². The SMILES string of the molecule is Cc1ccc(NC(=O)Nc2ccc(C(=O)O)cc2Br)cn1. The summed E-state index contributed by atoms with van der Waals surface area (Å²) in [6.45, 7) is 1.85. The number of urea groups is 1. The summed E-state index contributed by atoms with van der Waals surface area (Å²) < 4.78 is 0.486. The van der Waals surface area contributed by atoms with Crippen molar-refractivity contribution < 1.29 is 14.7 Å². The summed E-state index contributed by atoms with van der Waals surface area (Å²) in [6, 6.07) is 7.43. The number of halogens is 1. The first kappa shape index (κ1) is 15.0. The maximum Gasteiger partial charge on any atom is 0.335 e. The molecule has 0 aliphatic rings. The van der Waals surface area contributed by atoms with Crippen molar-refractivity contribution in [3.05, 3.63) is 52.3 Å². The van der Waals surface area contributed by atoms with E-state index in [0.29, 0.717) is 15.8 Å². The number of benzene rings is 1. The summed E-state index contributed by atoms with van der Waals surface area (Å²) in [5.41, 5.74) is 2.03. The number of aromatic carboxylic acids is 1. The fraction of sp³-hybridized carbons (Fsp3) is 0.0714. The van der Waals surface area contributed by atoms with Gasteiger partial charge in [-0.05, 0) is 53.2 Å². The van der Waals surface area contributed by atoms with Gasteiger partial charge in [0.05, 0.1) is 23.1 Å². The molecule has 2 aromatic rings. The predicted molar refractivity (Wildman–Crippen MR) is 82.7 cm³/mol. The van der Waals surface area contributed by atoms with E-state index in [9.17, 15) is 9.59 Å². The number of aryl methyl sites for hydroxylation is 1. The van der Waals surface area contributed by atoms with E-state index >= 15 is 0 Å². The molecule has 0 atom stereocenters. The summed E-state index contributed by atoms with van der Waals surface area (Å²) in [4.78, 5) is 26.7. The minimum absolute atomic E-state index is 0.135. The fourth-order valence-electron chi connectivity index (χ4n) is 1.58. The lowest BCUT2D eigenvalue weighted by molar-refractivity contribution is 0.0697. The molecule has 0 bridgehead atoms. The molecule has 0 fully saturated rings. The molecule has 6 nitrogen and oxygen atoms in total. The summed E-state index contributed by atoms with van der Waals surface area (Å²) in [5, 5.41) is 14.1. The third-order valence-electron chi connectivity index (χ3n) is 2.63. The van der Waals surface area contributed by atoms with Gasteiger partial charge >= 0.3 is 12.0 Å². The van der Waals surface area contributed by atoms with E-state index in [1.54, 1.807) is 18.3 Å². The van der Waals surface area contributed by atoms with Crippen LogP contribution in [0.1, 0.15) is 16.1 Å². The Bertz CT molecular complexity index is 686. The van der Waals surface area contributed by atoms with E-state index in [4.69, 9.17) is 5.11 Å². The maximum absolute atomic E-state index is 11.9. The molecule has 3 N–H and O–H groups in total. The van der Waals surface area contributed by atoms with Gasteiger partial charge in [-0.2, -0.15) is 0 Å². The number of aromatic nitrogens is 1. The van der Waals surface area contributed by atoms with Crippen LogP contribution in [0.3, 0.4) is 0 Å². The fourth-order valence-corrected chi connectivity index (χ4v) is 2.05. The minimum Gasteiger partial charge on any atom is -0.478 e. The molecule has 0 aliphatic carbocycles. The van der Waals surface area contributed by atoms with Gasteiger partial charge in [-0.1, -0.05) is 0 Å². The lowest BCUT2D eigenvalue weighted by Crippen LogP contribution is -2.19. The van der Waals surface area contributed by atoms with Gasteiger partial charge in [0.2, 0.25) is 0 Å². The van der Waals surface area contributed by atoms with Crippen molar-refractivity contribution in [3.63, 3.8) is 0 Å². The van der Waals surface area contributed by atoms with Crippen molar-refractivity contribution in [1.29, 1.82) is 0 Å². The molecule has 1 heterocycles. The highest BCUT2D eigenvalue weighted by Crippen LogP contribution is 2.24. The molecule has 0 saturated heterocycles. The average molecular weight is 350 g/mol. The Balaban J connectivity index is 2.06. The second-order valence-corrected chi connectivity index (χ2v) is 5.12. The van der Waals surface area contributed by atoms with Gasteiger partial charge < -0.3 is 15.7 Å². The zero-order chi connectivity index (χ0) is 15.4. The number of anilines is 2. The van der Waals surface area contributed by atoms with Gasteiger partial charge in [0.25, 0.3) is 0 Å². The highest BCUT2D eigenvalue weighted by atomic mass is 79.9. The molecule has 7 heteroatoms. The normalized spacial score (nSPS) is 10.0. The van der Waals surface area contributed by atoms with Crippen LogP contribution < -0.4 is 10.6 Å². The number of carbonyl (C=O) groups is 2. The van der Waals surface area contributed by atoms with Crippen molar-refractivity contribution in [3.8, 4) is 0 Å².